The molecule has 1 aliphatic rings. The standard InChI is InChI=1S/C21H20INO4/c1-2-11-26-20(24)18(19(22)23)21(25)27-12-17-15-9-5-3-7-13(15)14-8-4-6-10-16(14)17/h2-10,17-19H,1,11-12,23H2. The fraction of sp³-hybridized carbons (Fsp3) is 0.238. The molecule has 0 aromatic heterocycles. The molecule has 0 saturated heterocycles. The van der Waals surface area contributed by atoms with Crippen molar-refractivity contribution in [2.45, 2.75) is 9.97 Å². The Morgan fingerprint density at radius 1 is 1.04 bits per heavy atom. The summed E-state index contributed by atoms with van der Waals surface area (Å²) in [4.78, 5) is 24.7. The molecule has 140 valence electrons. The maximum Gasteiger partial charge on any atom is 0.323 e. The number of ether oxygens (including phenoxy) is 2. The molecule has 0 aliphatic heterocycles. The fourth-order valence-corrected chi connectivity index (χ4v) is 3.87. The van der Waals surface area contributed by atoms with Gasteiger partial charge in [-0.2, -0.15) is 0 Å². The van der Waals surface area contributed by atoms with Crippen LogP contribution < -0.4 is 5.73 Å². The number of fused-ring (bicyclic) bond motifs is 3. The largest absolute Gasteiger partial charge is 0.464 e. The number of esters is 2. The Bertz CT molecular complexity index is 819. The van der Waals surface area contributed by atoms with Crippen LogP contribution in [0, 0.1) is 5.92 Å². The molecule has 3 rings (SSSR count). The molecule has 0 radical (unpaired) electrons. The van der Waals surface area contributed by atoms with Crippen LogP contribution in [0.4, 0.5) is 0 Å². The SMILES string of the molecule is C=CCOC(=O)C(C(=O)OCC1c2ccccc2-c2ccccc21)C(N)I. The van der Waals surface area contributed by atoms with Gasteiger partial charge in [0.05, 0.1) is 4.05 Å². The van der Waals surface area contributed by atoms with Gasteiger partial charge in [0, 0.05) is 5.92 Å². The van der Waals surface area contributed by atoms with E-state index in [1.165, 1.54) is 6.08 Å². The van der Waals surface area contributed by atoms with E-state index in [-0.39, 0.29) is 19.1 Å². The number of carbonyl (C=O) groups excluding carboxylic acids is 2. The van der Waals surface area contributed by atoms with E-state index in [2.05, 4.69) is 18.7 Å². The average molecular weight is 477 g/mol. The zero-order valence-corrected chi connectivity index (χ0v) is 16.8. The molecule has 0 spiro atoms. The molecule has 0 saturated carbocycles. The number of benzene rings is 2. The molecular formula is C21H20INO4. The predicted molar refractivity (Wildman–Crippen MR) is 111 cm³/mol. The van der Waals surface area contributed by atoms with Gasteiger partial charge in [0.1, 0.15) is 13.2 Å². The van der Waals surface area contributed by atoms with Crippen molar-refractivity contribution in [3.63, 3.8) is 0 Å². The zero-order valence-electron chi connectivity index (χ0n) is 14.6. The molecule has 27 heavy (non-hydrogen) atoms. The number of halogens is 1. The normalized spacial score (nSPS) is 14.6. The Morgan fingerprint density at radius 3 is 2.07 bits per heavy atom. The Morgan fingerprint density at radius 2 is 1.56 bits per heavy atom. The van der Waals surface area contributed by atoms with Crippen LogP contribution in [0.2, 0.25) is 0 Å². The van der Waals surface area contributed by atoms with Crippen LogP contribution in [0.5, 0.6) is 0 Å². The first-order valence-electron chi connectivity index (χ1n) is 8.56. The number of alkyl halides is 1. The summed E-state index contributed by atoms with van der Waals surface area (Å²) in [5.74, 6) is -2.61. The van der Waals surface area contributed by atoms with Crippen molar-refractivity contribution in [2.75, 3.05) is 13.2 Å². The molecule has 0 bridgehead atoms. The minimum Gasteiger partial charge on any atom is -0.464 e. The maximum atomic E-state index is 12.5. The minimum atomic E-state index is -1.17. The van der Waals surface area contributed by atoms with Crippen molar-refractivity contribution in [3.8, 4) is 11.1 Å². The second-order valence-corrected chi connectivity index (χ2v) is 7.64. The van der Waals surface area contributed by atoms with Crippen molar-refractivity contribution >= 4 is 34.5 Å². The molecular weight excluding hydrogens is 457 g/mol. The van der Waals surface area contributed by atoms with Gasteiger partial charge in [0.2, 0.25) is 0 Å². The van der Waals surface area contributed by atoms with Crippen LogP contribution in [0.25, 0.3) is 11.1 Å². The summed E-state index contributed by atoms with van der Waals surface area (Å²) in [5, 5.41) is 0. The molecule has 6 heteroatoms. The molecule has 5 nitrogen and oxygen atoms in total. The van der Waals surface area contributed by atoms with Crippen LogP contribution in [0.3, 0.4) is 0 Å². The number of rotatable bonds is 7. The summed E-state index contributed by atoms with van der Waals surface area (Å²) >= 11 is 1.83. The number of carbonyl (C=O) groups is 2. The molecule has 2 N–H and O–H groups in total. The predicted octanol–water partition coefficient (Wildman–Crippen LogP) is 3.41. The van der Waals surface area contributed by atoms with E-state index in [9.17, 15) is 9.59 Å². The average Bonchev–Trinajstić information content (AvgIpc) is 2.98. The van der Waals surface area contributed by atoms with Gasteiger partial charge in [0.15, 0.2) is 5.92 Å². The topological polar surface area (TPSA) is 78.6 Å². The van der Waals surface area contributed by atoms with Gasteiger partial charge >= 0.3 is 11.9 Å². The Balaban J connectivity index is 1.76. The van der Waals surface area contributed by atoms with Gasteiger partial charge in [-0.15, -0.1) is 0 Å². The molecule has 0 fully saturated rings. The summed E-state index contributed by atoms with van der Waals surface area (Å²) in [7, 11) is 0. The Kier molecular flexibility index (Phi) is 6.28. The fourth-order valence-electron chi connectivity index (χ4n) is 3.28. The lowest BCUT2D eigenvalue weighted by atomic mass is 9.98. The maximum absolute atomic E-state index is 12.5. The van der Waals surface area contributed by atoms with Gasteiger partial charge in [-0.25, -0.2) is 0 Å². The summed E-state index contributed by atoms with van der Waals surface area (Å²) in [6.07, 6.45) is 1.44. The number of nitrogens with two attached hydrogens (primary N) is 1. The lowest BCUT2D eigenvalue weighted by Crippen LogP contribution is -2.39. The minimum absolute atomic E-state index is 0.0232. The molecule has 2 aromatic rings. The second-order valence-electron chi connectivity index (χ2n) is 6.20. The van der Waals surface area contributed by atoms with E-state index in [1.54, 1.807) is 0 Å². The van der Waals surface area contributed by atoms with Crippen molar-refractivity contribution in [1.29, 1.82) is 0 Å². The second kappa shape index (κ2) is 8.67. The Labute approximate surface area is 171 Å². The number of hydrogen-bond donors (Lipinski definition) is 1. The van der Waals surface area contributed by atoms with Gasteiger partial charge in [0.25, 0.3) is 0 Å². The first-order chi connectivity index (χ1) is 13.0. The van der Waals surface area contributed by atoms with Crippen LogP contribution in [0.15, 0.2) is 61.2 Å². The quantitative estimate of drug-likeness (QED) is 0.165. The van der Waals surface area contributed by atoms with Crippen LogP contribution >= 0.6 is 22.6 Å². The summed E-state index contributed by atoms with van der Waals surface area (Å²) in [6.45, 7) is 3.65. The van der Waals surface area contributed by atoms with Crippen molar-refractivity contribution in [3.05, 3.63) is 72.3 Å². The van der Waals surface area contributed by atoms with Crippen LogP contribution in [0.1, 0.15) is 17.0 Å². The molecule has 2 unspecified atom stereocenters. The first kappa shape index (κ1) is 19.6. The third-order valence-electron chi connectivity index (χ3n) is 4.52. The van der Waals surface area contributed by atoms with Crippen LogP contribution in [-0.4, -0.2) is 29.2 Å². The highest BCUT2D eigenvalue weighted by Crippen LogP contribution is 2.44. The lowest BCUT2D eigenvalue weighted by molar-refractivity contribution is -0.161. The van der Waals surface area contributed by atoms with Gasteiger partial charge < -0.3 is 15.2 Å². The third kappa shape index (κ3) is 4.06. The highest BCUT2D eigenvalue weighted by molar-refractivity contribution is 14.1. The third-order valence-corrected chi connectivity index (χ3v) is 5.24. The first-order valence-corrected chi connectivity index (χ1v) is 9.81. The van der Waals surface area contributed by atoms with Crippen molar-refractivity contribution in [2.24, 2.45) is 11.7 Å². The van der Waals surface area contributed by atoms with Gasteiger partial charge in [-0.05, 0) is 22.3 Å². The molecule has 2 aromatic carbocycles. The lowest BCUT2D eigenvalue weighted by Gasteiger charge is -2.19. The van der Waals surface area contributed by atoms with E-state index in [1.807, 2.05) is 59.0 Å². The van der Waals surface area contributed by atoms with Gasteiger partial charge in [-0.1, -0.05) is 83.8 Å². The van der Waals surface area contributed by atoms with E-state index in [4.69, 9.17) is 15.2 Å². The molecule has 2 atom stereocenters. The van der Waals surface area contributed by atoms with E-state index in [0.29, 0.717) is 0 Å². The van der Waals surface area contributed by atoms with E-state index in [0.717, 1.165) is 22.3 Å². The molecule has 1 aliphatic carbocycles. The summed E-state index contributed by atoms with van der Waals surface area (Å²) < 4.78 is 9.75. The Hall–Kier alpha value is -2.19. The number of hydrogen-bond acceptors (Lipinski definition) is 5. The zero-order chi connectivity index (χ0) is 19.4. The molecule has 0 amide bonds. The summed E-state index contributed by atoms with van der Waals surface area (Å²) in [5.41, 5.74) is 10.3. The smallest absolute Gasteiger partial charge is 0.323 e. The van der Waals surface area contributed by atoms with Crippen LogP contribution in [-0.2, 0) is 19.1 Å². The van der Waals surface area contributed by atoms with Crippen molar-refractivity contribution in [1.82, 2.24) is 0 Å². The summed E-state index contributed by atoms with van der Waals surface area (Å²) in [6, 6.07) is 16.1. The highest BCUT2D eigenvalue weighted by Gasteiger charge is 2.36. The van der Waals surface area contributed by atoms with E-state index >= 15 is 0 Å². The highest BCUT2D eigenvalue weighted by atomic mass is 127. The van der Waals surface area contributed by atoms with Crippen molar-refractivity contribution < 1.29 is 19.1 Å². The van der Waals surface area contributed by atoms with Gasteiger partial charge in [-0.3, -0.25) is 9.59 Å². The monoisotopic (exact) mass is 477 g/mol. The molecule has 0 heterocycles. The van der Waals surface area contributed by atoms with E-state index < -0.39 is 21.9 Å².